The third-order valence-corrected chi connectivity index (χ3v) is 6.31. The van der Waals surface area contributed by atoms with Crippen LogP contribution < -0.4 is 15.8 Å². The van der Waals surface area contributed by atoms with Gasteiger partial charge in [0.25, 0.3) is 0 Å². The van der Waals surface area contributed by atoms with Crippen LogP contribution in [0.15, 0.2) is 24.3 Å². The van der Waals surface area contributed by atoms with E-state index in [9.17, 15) is 9.59 Å². The minimum Gasteiger partial charge on any atom is -0.497 e. The number of fused-ring (bicyclic) bond motifs is 1. The van der Waals surface area contributed by atoms with Crippen LogP contribution in [0.25, 0.3) is 0 Å². The van der Waals surface area contributed by atoms with Crippen LogP contribution in [-0.4, -0.2) is 42.6 Å². The van der Waals surface area contributed by atoms with Gasteiger partial charge in [-0.05, 0) is 50.5 Å². The molecule has 1 unspecified atom stereocenters. The van der Waals surface area contributed by atoms with Crippen LogP contribution in [0.1, 0.15) is 60.1 Å². The molecule has 1 amide bonds. The van der Waals surface area contributed by atoms with Gasteiger partial charge >= 0.3 is 5.97 Å². The summed E-state index contributed by atoms with van der Waals surface area (Å²) in [5.74, 6) is 0.338. The van der Waals surface area contributed by atoms with Crippen LogP contribution >= 0.6 is 11.3 Å². The number of carbonyl (C=O) groups is 2. The molecule has 31 heavy (non-hydrogen) atoms. The molecule has 7 nitrogen and oxygen atoms in total. The molecule has 1 aliphatic heterocycles. The summed E-state index contributed by atoms with van der Waals surface area (Å²) < 4.78 is 10.8. The van der Waals surface area contributed by atoms with Crippen LogP contribution in [0, 0.1) is 0 Å². The number of carbonyl (C=O) groups excluding carboxylic acids is 2. The first-order valence-electron chi connectivity index (χ1n) is 10.3. The second kappa shape index (κ2) is 9.28. The Balaban J connectivity index is 1.91. The van der Waals surface area contributed by atoms with Crippen LogP contribution in [0.3, 0.4) is 0 Å². The molecule has 0 spiro atoms. The van der Waals surface area contributed by atoms with E-state index in [-0.39, 0.29) is 17.9 Å². The minimum absolute atomic E-state index is 0.0711. The van der Waals surface area contributed by atoms with E-state index in [1.165, 1.54) is 18.3 Å². The lowest BCUT2D eigenvalue weighted by Gasteiger charge is -2.36. The molecule has 0 aliphatic carbocycles. The molecule has 0 radical (unpaired) electrons. The third kappa shape index (κ3) is 5.57. The summed E-state index contributed by atoms with van der Waals surface area (Å²) in [6.45, 7) is 8.95. The number of hydrogen-bond acceptors (Lipinski definition) is 7. The first-order chi connectivity index (χ1) is 14.6. The largest absolute Gasteiger partial charge is 0.497 e. The van der Waals surface area contributed by atoms with Gasteiger partial charge in [-0.2, -0.15) is 0 Å². The summed E-state index contributed by atoms with van der Waals surface area (Å²) in [4.78, 5) is 27.8. The van der Waals surface area contributed by atoms with Crippen molar-refractivity contribution < 1.29 is 19.1 Å². The minimum atomic E-state index is -0.594. The number of esters is 1. The van der Waals surface area contributed by atoms with Gasteiger partial charge in [0.05, 0.1) is 18.7 Å². The molecule has 1 atom stereocenters. The first-order valence-corrected chi connectivity index (χ1v) is 11.2. The summed E-state index contributed by atoms with van der Waals surface area (Å²) in [5, 5.41) is 3.41. The van der Waals surface area contributed by atoms with Gasteiger partial charge in [0.1, 0.15) is 16.4 Å². The van der Waals surface area contributed by atoms with Crippen molar-refractivity contribution in [1.29, 1.82) is 0 Å². The number of nitrogen functional groups attached to an aromatic ring is 1. The standard InChI is InChI=1S/C23H31N3O4S/c1-14(27)25-12-18-20-17(19(21(24)31-20)22(28)30-23(2,3)4)10-11-26(18)13-15-6-8-16(29-5)9-7-15/h6-9,18H,10-13,24H2,1-5H3,(H,25,27). The quantitative estimate of drug-likeness (QED) is 0.661. The summed E-state index contributed by atoms with van der Waals surface area (Å²) in [6.07, 6.45) is 0.699. The number of anilines is 1. The second-order valence-corrected chi connectivity index (χ2v) is 9.79. The van der Waals surface area contributed by atoms with Crippen molar-refractivity contribution in [2.24, 2.45) is 0 Å². The van der Waals surface area contributed by atoms with Crippen molar-refractivity contribution >= 4 is 28.2 Å². The molecular weight excluding hydrogens is 414 g/mol. The van der Waals surface area contributed by atoms with Gasteiger partial charge in [-0.1, -0.05) is 12.1 Å². The summed E-state index contributed by atoms with van der Waals surface area (Å²) in [7, 11) is 1.65. The van der Waals surface area contributed by atoms with E-state index in [1.54, 1.807) is 7.11 Å². The molecule has 0 bridgehead atoms. The highest BCUT2D eigenvalue weighted by Crippen LogP contribution is 2.42. The zero-order valence-corrected chi connectivity index (χ0v) is 19.6. The maximum absolute atomic E-state index is 12.8. The lowest BCUT2D eigenvalue weighted by molar-refractivity contribution is -0.119. The van der Waals surface area contributed by atoms with E-state index >= 15 is 0 Å². The molecule has 2 heterocycles. The number of nitrogens with zero attached hydrogens (tertiary/aromatic N) is 1. The molecule has 1 aromatic heterocycles. The lowest BCUT2D eigenvalue weighted by Crippen LogP contribution is -2.41. The highest BCUT2D eigenvalue weighted by molar-refractivity contribution is 7.16. The van der Waals surface area contributed by atoms with Crippen molar-refractivity contribution in [3.63, 3.8) is 0 Å². The third-order valence-electron chi connectivity index (χ3n) is 5.15. The predicted octanol–water partition coefficient (Wildman–Crippen LogP) is 3.53. The van der Waals surface area contributed by atoms with Gasteiger partial charge in [-0.25, -0.2) is 4.79 Å². The molecule has 0 saturated heterocycles. The molecular formula is C23H31N3O4S. The van der Waals surface area contributed by atoms with Gasteiger partial charge in [-0.15, -0.1) is 11.3 Å². The molecule has 2 aromatic rings. The number of ether oxygens (including phenoxy) is 2. The number of benzene rings is 1. The van der Waals surface area contributed by atoms with Crippen molar-refractivity contribution in [3.8, 4) is 5.75 Å². The van der Waals surface area contributed by atoms with Crippen molar-refractivity contribution in [2.75, 3.05) is 25.9 Å². The molecule has 1 aromatic carbocycles. The van der Waals surface area contributed by atoms with E-state index < -0.39 is 5.60 Å². The number of thiophene rings is 1. The Morgan fingerprint density at radius 2 is 1.94 bits per heavy atom. The van der Waals surface area contributed by atoms with Crippen molar-refractivity contribution in [3.05, 3.63) is 45.8 Å². The van der Waals surface area contributed by atoms with Gasteiger partial charge in [0.2, 0.25) is 5.91 Å². The Bertz CT molecular complexity index is 947. The highest BCUT2D eigenvalue weighted by atomic mass is 32.1. The zero-order chi connectivity index (χ0) is 22.8. The second-order valence-electron chi connectivity index (χ2n) is 8.71. The Kier molecular flexibility index (Phi) is 6.91. The number of methoxy groups -OCH3 is 1. The van der Waals surface area contributed by atoms with Gasteiger partial charge < -0.3 is 20.5 Å². The Labute approximate surface area is 187 Å². The van der Waals surface area contributed by atoms with E-state index in [2.05, 4.69) is 10.2 Å². The van der Waals surface area contributed by atoms with Crippen molar-refractivity contribution in [1.82, 2.24) is 10.2 Å². The summed E-state index contributed by atoms with van der Waals surface area (Å²) in [6, 6.07) is 7.89. The number of amides is 1. The average Bonchev–Trinajstić information content (AvgIpc) is 3.02. The average molecular weight is 446 g/mol. The molecule has 3 rings (SSSR count). The van der Waals surface area contributed by atoms with Gasteiger partial charge in [0, 0.05) is 31.4 Å². The smallest absolute Gasteiger partial charge is 0.341 e. The number of nitrogens with two attached hydrogens (primary N) is 1. The molecule has 0 fully saturated rings. The number of nitrogens with one attached hydrogen (secondary N) is 1. The van der Waals surface area contributed by atoms with Crippen LogP contribution in [0.2, 0.25) is 0 Å². The maximum atomic E-state index is 12.8. The first kappa shape index (κ1) is 23.1. The topological polar surface area (TPSA) is 93.9 Å². The van der Waals surface area contributed by atoms with E-state index in [4.69, 9.17) is 15.2 Å². The molecule has 3 N–H and O–H groups in total. The zero-order valence-electron chi connectivity index (χ0n) is 18.8. The SMILES string of the molecule is COc1ccc(CN2CCc3c(sc(N)c3C(=O)OC(C)(C)C)C2CNC(C)=O)cc1. The fraction of sp³-hybridized carbons (Fsp3) is 0.478. The Morgan fingerprint density at radius 3 is 2.52 bits per heavy atom. The van der Waals surface area contributed by atoms with Crippen molar-refractivity contribution in [2.45, 2.75) is 52.3 Å². The van der Waals surface area contributed by atoms with Gasteiger partial charge in [-0.3, -0.25) is 9.69 Å². The normalized spacial score (nSPS) is 16.5. The Hall–Kier alpha value is -2.58. The van der Waals surface area contributed by atoms with Gasteiger partial charge in [0.15, 0.2) is 0 Å². The van der Waals surface area contributed by atoms with E-state index in [0.717, 1.165) is 28.3 Å². The maximum Gasteiger partial charge on any atom is 0.341 e. The number of hydrogen-bond donors (Lipinski definition) is 2. The fourth-order valence-corrected chi connectivity index (χ4v) is 5.01. The molecule has 1 aliphatic rings. The van der Waals surface area contributed by atoms with Crippen LogP contribution in [-0.2, 0) is 22.5 Å². The molecule has 8 heteroatoms. The predicted molar refractivity (Wildman–Crippen MR) is 122 cm³/mol. The highest BCUT2D eigenvalue weighted by Gasteiger charge is 2.35. The monoisotopic (exact) mass is 445 g/mol. The van der Waals surface area contributed by atoms with E-state index in [1.807, 2.05) is 45.0 Å². The summed E-state index contributed by atoms with van der Waals surface area (Å²) in [5.41, 5.74) is 8.26. The lowest BCUT2D eigenvalue weighted by atomic mass is 9.96. The summed E-state index contributed by atoms with van der Waals surface area (Å²) >= 11 is 1.42. The van der Waals surface area contributed by atoms with E-state index in [0.29, 0.717) is 30.1 Å². The Morgan fingerprint density at radius 1 is 1.26 bits per heavy atom. The fourth-order valence-electron chi connectivity index (χ4n) is 3.77. The molecule has 168 valence electrons. The number of rotatable bonds is 6. The molecule has 0 saturated carbocycles. The van der Waals surface area contributed by atoms with Crippen LogP contribution in [0.4, 0.5) is 5.00 Å². The van der Waals surface area contributed by atoms with Crippen LogP contribution in [0.5, 0.6) is 5.75 Å².